The number of nitrogens with two attached hydrogens (primary N) is 1. The summed E-state index contributed by atoms with van der Waals surface area (Å²) in [5, 5.41) is 15.5. The van der Waals surface area contributed by atoms with Gasteiger partial charge in [0.15, 0.2) is 0 Å². The topological polar surface area (TPSA) is 116 Å². The second-order valence-corrected chi connectivity index (χ2v) is 7.86. The smallest absolute Gasteiger partial charge is 0.252 e. The highest BCUT2D eigenvalue weighted by atomic mass is 16.3. The Balaban J connectivity index is 1.78. The minimum absolute atomic E-state index is 0.0148. The van der Waals surface area contributed by atoms with Crippen LogP contribution in [0.4, 0.5) is 5.69 Å². The van der Waals surface area contributed by atoms with E-state index in [1.165, 1.54) is 11.8 Å². The predicted octanol–water partition coefficient (Wildman–Crippen LogP) is 2.41. The fraction of sp³-hybridized carbons (Fsp3) is 0.261. The van der Waals surface area contributed by atoms with Crippen LogP contribution in [0, 0.1) is 0 Å². The first kappa shape index (κ1) is 20.8. The van der Waals surface area contributed by atoms with E-state index in [2.05, 4.69) is 34.6 Å². The Morgan fingerprint density at radius 1 is 1.26 bits per heavy atom. The number of hydrogen-bond acceptors (Lipinski definition) is 7. The molecular weight excluding hydrogens is 392 g/mol. The van der Waals surface area contributed by atoms with Crippen LogP contribution in [0.2, 0.25) is 0 Å². The second kappa shape index (κ2) is 8.33. The van der Waals surface area contributed by atoms with Crippen LogP contribution in [0.25, 0.3) is 22.0 Å². The van der Waals surface area contributed by atoms with E-state index < -0.39 is 5.91 Å². The lowest BCUT2D eigenvalue weighted by Crippen LogP contribution is -2.44. The van der Waals surface area contributed by atoms with Crippen LogP contribution in [0.15, 0.2) is 54.5 Å². The van der Waals surface area contributed by atoms with Gasteiger partial charge in [-0.25, -0.2) is 5.43 Å². The molecule has 0 saturated carbocycles. The molecule has 0 radical (unpaired) electrons. The largest absolute Gasteiger partial charge is 0.390 e. The number of pyridine rings is 2. The number of benzene rings is 1. The number of nitrogens with one attached hydrogen (secondary N) is 2. The van der Waals surface area contributed by atoms with Crippen LogP contribution in [0.3, 0.4) is 0 Å². The van der Waals surface area contributed by atoms with Gasteiger partial charge < -0.3 is 21.2 Å². The summed E-state index contributed by atoms with van der Waals surface area (Å²) in [5.74, 6) is -0.535. The zero-order chi connectivity index (χ0) is 22.1. The maximum atomic E-state index is 12.2. The highest BCUT2D eigenvalue weighted by molar-refractivity contribution is 6.07. The number of carbonyl (C=O) groups is 1. The highest BCUT2D eigenvalue weighted by Crippen LogP contribution is 2.31. The molecule has 8 heteroatoms. The molecule has 4 rings (SSSR count). The summed E-state index contributed by atoms with van der Waals surface area (Å²) in [7, 11) is 1.95. The molecule has 3 heterocycles. The molecule has 0 fully saturated rings. The molecule has 2 atom stereocenters. The highest BCUT2D eigenvalue weighted by Gasteiger charge is 2.26. The van der Waals surface area contributed by atoms with Gasteiger partial charge in [-0.3, -0.25) is 14.8 Å². The van der Waals surface area contributed by atoms with Gasteiger partial charge in [-0.2, -0.15) is 0 Å². The molecule has 3 aromatic rings. The number of amides is 1. The summed E-state index contributed by atoms with van der Waals surface area (Å²) in [6.07, 6.45) is 5.29. The third-order valence-corrected chi connectivity index (χ3v) is 5.56. The Bertz CT molecular complexity index is 1160. The molecule has 1 aromatic carbocycles. The van der Waals surface area contributed by atoms with Gasteiger partial charge in [-0.15, -0.1) is 0 Å². The van der Waals surface area contributed by atoms with E-state index in [1.807, 2.05) is 42.5 Å². The first-order chi connectivity index (χ1) is 14.9. The van der Waals surface area contributed by atoms with Crippen molar-refractivity contribution in [3.63, 3.8) is 0 Å². The van der Waals surface area contributed by atoms with Crippen molar-refractivity contribution in [2.24, 2.45) is 5.73 Å². The van der Waals surface area contributed by atoms with E-state index in [0.29, 0.717) is 16.9 Å². The van der Waals surface area contributed by atoms with E-state index in [-0.39, 0.29) is 18.7 Å². The molecule has 31 heavy (non-hydrogen) atoms. The lowest BCUT2D eigenvalue weighted by atomic mass is 10.00. The summed E-state index contributed by atoms with van der Waals surface area (Å²) in [4.78, 5) is 20.9. The quantitative estimate of drug-likeness (QED) is 0.486. The summed E-state index contributed by atoms with van der Waals surface area (Å²) >= 11 is 0. The number of anilines is 1. The Morgan fingerprint density at radius 2 is 2.03 bits per heavy atom. The molecule has 2 unspecified atom stereocenters. The molecule has 2 aromatic heterocycles. The van der Waals surface area contributed by atoms with Crippen molar-refractivity contribution in [3.05, 3.63) is 65.8 Å². The van der Waals surface area contributed by atoms with Crippen LogP contribution in [-0.2, 0) is 6.61 Å². The Morgan fingerprint density at radius 3 is 2.65 bits per heavy atom. The lowest BCUT2D eigenvalue weighted by molar-refractivity contribution is 0.100. The molecule has 1 amide bonds. The number of hydrogen-bond donors (Lipinski definition) is 4. The molecule has 0 saturated heterocycles. The van der Waals surface area contributed by atoms with Crippen molar-refractivity contribution < 1.29 is 9.90 Å². The molecule has 8 nitrogen and oxygen atoms in total. The van der Waals surface area contributed by atoms with E-state index in [4.69, 9.17) is 5.73 Å². The first-order valence-corrected chi connectivity index (χ1v) is 10.1. The fourth-order valence-electron chi connectivity index (χ4n) is 3.96. The number of rotatable bonds is 6. The number of fused-ring (bicyclic) bond motifs is 1. The van der Waals surface area contributed by atoms with Gasteiger partial charge in [0.25, 0.3) is 5.91 Å². The summed E-state index contributed by atoms with van der Waals surface area (Å²) < 4.78 is 0. The predicted molar refractivity (Wildman–Crippen MR) is 121 cm³/mol. The van der Waals surface area contributed by atoms with Crippen LogP contribution in [0.5, 0.6) is 0 Å². The Hall–Kier alpha value is -3.49. The summed E-state index contributed by atoms with van der Waals surface area (Å²) in [5.41, 5.74) is 14.5. The maximum absolute atomic E-state index is 12.2. The molecule has 0 aliphatic carbocycles. The van der Waals surface area contributed by atoms with Crippen molar-refractivity contribution in [1.29, 1.82) is 0 Å². The third kappa shape index (κ3) is 4.08. The van der Waals surface area contributed by atoms with E-state index >= 15 is 0 Å². The summed E-state index contributed by atoms with van der Waals surface area (Å²) in [6, 6.07) is 9.62. The number of nitrogens with zero attached hydrogens (tertiary/aromatic N) is 3. The van der Waals surface area contributed by atoms with Gasteiger partial charge in [0.2, 0.25) is 0 Å². The number of aliphatic hydroxyl groups is 1. The van der Waals surface area contributed by atoms with E-state index in [9.17, 15) is 9.90 Å². The monoisotopic (exact) mass is 418 g/mol. The zero-order valence-electron chi connectivity index (χ0n) is 17.8. The maximum Gasteiger partial charge on any atom is 0.252 e. The first-order valence-electron chi connectivity index (χ1n) is 10.1. The number of aliphatic hydroxyl groups excluding tert-OH is 1. The Kier molecular flexibility index (Phi) is 5.58. The standard InChI is InChI=1S/C23H26N6O2/c1-13-11-29(3)28-21(13)14(2)27-22-18-8-15(16-4-6-17(12-30)25-9-16)5-7-20(18)26-10-19(22)23(24)31/h4-11,14,21,28,30H,12H2,1-3H3,(H2,24,31)(H,26,27). The van der Waals surface area contributed by atoms with Gasteiger partial charge >= 0.3 is 0 Å². The normalized spacial score (nSPS) is 17.0. The average molecular weight is 419 g/mol. The number of primary amides is 1. The third-order valence-electron chi connectivity index (χ3n) is 5.56. The van der Waals surface area contributed by atoms with Crippen LogP contribution >= 0.6 is 0 Å². The van der Waals surface area contributed by atoms with E-state index in [1.54, 1.807) is 12.3 Å². The van der Waals surface area contributed by atoms with Gasteiger partial charge in [0.1, 0.15) is 0 Å². The molecule has 1 aliphatic heterocycles. The molecule has 160 valence electrons. The Labute approximate surface area is 180 Å². The number of hydrazine groups is 1. The van der Waals surface area contributed by atoms with Gasteiger partial charge in [-0.05, 0) is 43.2 Å². The minimum Gasteiger partial charge on any atom is -0.390 e. The fourth-order valence-corrected chi connectivity index (χ4v) is 3.96. The van der Waals surface area contributed by atoms with E-state index in [0.717, 1.165) is 22.0 Å². The average Bonchev–Trinajstić information content (AvgIpc) is 3.11. The van der Waals surface area contributed by atoms with Gasteiger partial charge in [0, 0.05) is 42.6 Å². The van der Waals surface area contributed by atoms with Crippen molar-refractivity contribution in [3.8, 4) is 11.1 Å². The number of aromatic nitrogens is 2. The SMILES string of the molecule is CC1=CN(C)NC1C(C)Nc1c(C(N)=O)cnc2ccc(-c3ccc(CO)nc3)cc12. The van der Waals surface area contributed by atoms with Crippen molar-refractivity contribution in [2.75, 3.05) is 12.4 Å². The zero-order valence-corrected chi connectivity index (χ0v) is 17.8. The molecular formula is C23H26N6O2. The summed E-state index contributed by atoms with van der Waals surface area (Å²) in [6.45, 7) is 4.03. The van der Waals surface area contributed by atoms with Gasteiger partial charge in [0.05, 0.1) is 35.1 Å². The molecule has 0 spiro atoms. The minimum atomic E-state index is -0.535. The molecule has 1 aliphatic rings. The molecule has 5 N–H and O–H groups in total. The number of carbonyl (C=O) groups excluding carboxylic acids is 1. The lowest BCUT2D eigenvalue weighted by Gasteiger charge is -2.26. The van der Waals surface area contributed by atoms with Crippen molar-refractivity contribution in [2.45, 2.75) is 32.5 Å². The second-order valence-electron chi connectivity index (χ2n) is 7.86. The van der Waals surface area contributed by atoms with Crippen LogP contribution < -0.4 is 16.5 Å². The van der Waals surface area contributed by atoms with Crippen LogP contribution in [-0.4, -0.2) is 45.1 Å². The molecule has 0 bridgehead atoms. The van der Waals surface area contributed by atoms with Gasteiger partial charge in [-0.1, -0.05) is 12.1 Å². The van der Waals surface area contributed by atoms with Crippen molar-refractivity contribution >= 4 is 22.5 Å². The van der Waals surface area contributed by atoms with Crippen LogP contribution in [0.1, 0.15) is 29.9 Å². The van der Waals surface area contributed by atoms with Crippen molar-refractivity contribution in [1.82, 2.24) is 20.4 Å².